The molecule has 1 atom stereocenters. The Labute approximate surface area is 199 Å². The van der Waals surface area contributed by atoms with E-state index in [2.05, 4.69) is 45.1 Å². The maximum absolute atomic E-state index is 13.2. The van der Waals surface area contributed by atoms with Crippen LogP contribution in [0.5, 0.6) is 0 Å². The van der Waals surface area contributed by atoms with Crippen LogP contribution in [0.1, 0.15) is 39.9 Å². The molecule has 0 bridgehead atoms. The molecule has 8 heteroatoms. The zero-order valence-corrected chi connectivity index (χ0v) is 19.3. The number of carbonyl (C=O) groups excluding carboxylic acids is 3. The predicted octanol–water partition coefficient (Wildman–Crippen LogP) is 1.19. The van der Waals surface area contributed by atoms with E-state index in [9.17, 15) is 14.4 Å². The molecule has 0 aliphatic carbocycles. The van der Waals surface area contributed by atoms with Gasteiger partial charge in [0.25, 0.3) is 5.91 Å². The fourth-order valence-corrected chi connectivity index (χ4v) is 5.09. The molecule has 1 unspecified atom stereocenters. The minimum Gasteiger partial charge on any atom is -0.369 e. The Morgan fingerprint density at radius 3 is 2.56 bits per heavy atom. The number of rotatable bonds is 7. The standard InChI is InChI=1S/C26H31N5O3/c32-23-9-8-22(25(33)29-23)31-17-20-3-1-2-19(24(20)26(31)34)16-28-11-10-18-4-6-21(7-5-18)30-14-12-27-13-15-30/h1-7,22,27-28H,8-17H2,(H,29,32,33). The van der Waals surface area contributed by atoms with Crippen molar-refractivity contribution in [1.29, 1.82) is 0 Å². The topological polar surface area (TPSA) is 93.8 Å². The minimum absolute atomic E-state index is 0.120. The van der Waals surface area contributed by atoms with Crippen LogP contribution in [0.3, 0.4) is 0 Å². The lowest BCUT2D eigenvalue weighted by atomic mass is 10.0. The Bertz CT molecular complexity index is 1080. The second kappa shape index (κ2) is 9.95. The van der Waals surface area contributed by atoms with E-state index < -0.39 is 6.04 Å². The van der Waals surface area contributed by atoms with Crippen molar-refractivity contribution in [2.24, 2.45) is 0 Å². The summed E-state index contributed by atoms with van der Waals surface area (Å²) in [4.78, 5) is 41.0. The number of amides is 3. The second-order valence-corrected chi connectivity index (χ2v) is 9.18. The maximum Gasteiger partial charge on any atom is 0.255 e. The monoisotopic (exact) mass is 461 g/mol. The lowest BCUT2D eigenvalue weighted by molar-refractivity contribution is -0.136. The van der Waals surface area contributed by atoms with E-state index in [1.54, 1.807) is 4.90 Å². The van der Waals surface area contributed by atoms with Crippen LogP contribution in [0.2, 0.25) is 0 Å². The maximum atomic E-state index is 13.2. The molecule has 2 aromatic carbocycles. The van der Waals surface area contributed by atoms with Crippen LogP contribution in [-0.2, 0) is 29.1 Å². The molecule has 0 spiro atoms. The van der Waals surface area contributed by atoms with Gasteiger partial charge in [-0.25, -0.2) is 0 Å². The number of nitrogens with one attached hydrogen (secondary N) is 3. The van der Waals surface area contributed by atoms with Crippen LogP contribution in [0, 0.1) is 0 Å². The molecular formula is C26H31N5O3. The first-order valence-electron chi connectivity index (χ1n) is 12.1. The van der Waals surface area contributed by atoms with E-state index in [0.717, 1.165) is 50.3 Å². The van der Waals surface area contributed by atoms with Crippen molar-refractivity contribution in [1.82, 2.24) is 20.9 Å². The van der Waals surface area contributed by atoms with Crippen LogP contribution in [0.4, 0.5) is 5.69 Å². The van der Waals surface area contributed by atoms with Gasteiger partial charge in [-0.3, -0.25) is 19.7 Å². The van der Waals surface area contributed by atoms with Crippen LogP contribution in [-0.4, -0.2) is 61.4 Å². The summed E-state index contributed by atoms with van der Waals surface area (Å²) in [5.74, 6) is -0.765. The van der Waals surface area contributed by atoms with E-state index in [1.165, 1.54) is 11.3 Å². The number of anilines is 1. The third-order valence-corrected chi connectivity index (χ3v) is 6.96. The summed E-state index contributed by atoms with van der Waals surface area (Å²) in [5.41, 5.74) is 5.14. The molecule has 178 valence electrons. The fraction of sp³-hybridized carbons (Fsp3) is 0.423. The van der Waals surface area contributed by atoms with E-state index in [1.807, 2.05) is 18.2 Å². The summed E-state index contributed by atoms with van der Waals surface area (Å²) in [6, 6.07) is 14.1. The Balaban J connectivity index is 1.16. The van der Waals surface area contributed by atoms with Crippen LogP contribution in [0.15, 0.2) is 42.5 Å². The summed E-state index contributed by atoms with van der Waals surface area (Å²) in [6.45, 7) is 5.96. The van der Waals surface area contributed by atoms with E-state index in [4.69, 9.17) is 0 Å². The molecule has 2 fully saturated rings. The van der Waals surface area contributed by atoms with Gasteiger partial charge >= 0.3 is 0 Å². The van der Waals surface area contributed by atoms with Gasteiger partial charge in [-0.05, 0) is 48.2 Å². The quantitative estimate of drug-likeness (QED) is 0.424. The summed E-state index contributed by atoms with van der Waals surface area (Å²) in [6.07, 6.45) is 1.56. The number of nitrogens with zero attached hydrogens (tertiary/aromatic N) is 2. The Kier molecular flexibility index (Phi) is 6.60. The molecule has 0 saturated carbocycles. The van der Waals surface area contributed by atoms with Crippen LogP contribution in [0.25, 0.3) is 0 Å². The Morgan fingerprint density at radius 1 is 1.00 bits per heavy atom. The third kappa shape index (κ3) is 4.69. The van der Waals surface area contributed by atoms with Crippen molar-refractivity contribution in [3.63, 3.8) is 0 Å². The number of hydrogen-bond acceptors (Lipinski definition) is 6. The van der Waals surface area contributed by atoms with Gasteiger partial charge in [0.15, 0.2) is 0 Å². The smallest absolute Gasteiger partial charge is 0.255 e. The molecular weight excluding hydrogens is 430 g/mol. The van der Waals surface area contributed by atoms with Crippen molar-refractivity contribution in [2.75, 3.05) is 37.6 Å². The number of carbonyl (C=O) groups is 3. The number of fused-ring (bicyclic) bond motifs is 1. The number of imide groups is 1. The third-order valence-electron chi connectivity index (χ3n) is 6.96. The molecule has 5 rings (SSSR count). The van der Waals surface area contributed by atoms with Crippen molar-refractivity contribution < 1.29 is 14.4 Å². The molecule has 2 aromatic rings. The van der Waals surface area contributed by atoms with E-state index in [0.29, 0.717) is 25.1 Å². The average Bonchev–Trinajstić information content (AvgIpc) is 3.19. The first-order valence-corrected chi connectivity index (χ1v) is 12.1. The number of hydrogen-bond donors (Lipinski definition) is 3. The number of piperazine rings is 1. The van der Waals surface area contributed by atoms with Crippen molar-refractivity contribution in [2.45, 2.75) is 38.4 Å². The van der Waals surface area contributed by atoms with Gasteiger partial charge in [0, 0.05) is 56.9 Å². The molecule has 3 amide bonds. The van der Waals surface area contributed by atoms with Crippen molar-refractivity contribution >= 4 is 23.4 Å². The van der Waals surface area contributed by atoms with Gasteiger partial charge in [0.2, 0.25) is 11.8 Å². The highest BCUT2D eigenvalue weighted by Crippen LogP contribution is 2.29. The highest BCUT2D eigenvalue weighted by Gasteiger charge is 2.39. The van der Waals surface area contributed by atoms with Gasteiger partial charge in [-0.2, -0.15) is 0 Å². The van der Waals surface area contributed by atoms with Gasteiger partial charge in [-0.15, -0.1) is 0 Å². The molecule has 0 aromatic heterocycles. The van der Waals surface area contributed by atoms with Crippen molar-refractivity contribution in [3.8, 4) is 0 Å². The first kappa shape index (κ1) is 22.6. The van der Waals surface area contributed by atoms with Crippen molar-refractivity contribution in [3.05, 3.63) is 64.7 Å². The molecule has 3 aliphatic heterocycles. The zero-order chi connectivity index (χ0) is 23.5. The minimum atomic E-state index is -0.581. The second-order valence-electron chi connectivity index (χ2n) is 9.18. The highest BCUT2D eigenvalue weighted by atomic mass is 16.2. The SMILES string of the molecule is O=C1CCC(N2Cc3cccc(CNCCc4ccc(N5CCNCC5)cc4)c3C2=O)C(=O)N1. The lowest BCUT2D eigenvalue weighted by Gasteiger charge is -2.29. The van der Waals surface area contributed by atoms with Gasteiger partial charge in [0.1, 0.15) is 6.04 Å². The summed E-state index contributed by atoms with van der Waals surface area (Å²) >= 11 is 0. The number of benzene rings is 2. The molecule has 8 nitrogen and oxygen atoms in total. The molecule has 34 heavy (non-hydrogen) atoms. The molecule has 2 saturated heterocycles. The predicted molar refractivity (Wildman–Crippen MR) is 129 cm³/mol. The van der Waals surface area contributed by atoms with E-state index in [-0.39, 0.29) is 24.1 Å². The highest BCUT2D eigenvalue weighted by molar-refractivity contribution is 6.06. The van der Waals surface area contributed by atoms with Gasteiger partial charge < -0.3 is 20.4 Å². The zero-order valence-electron chi connectivity index (χ0n) is 19.3. The van der Waals surface area contributed by atoms with Crippen LogP contribution < -0.4 is 20.9 Å². The average molecular weight is 462 g/mol. The summed E-state index contributed by atoms with van der Waals surface area (Å²) in [5, 5.41) is 9.21. The normalized spacial score (nSPS) is 20.5. The largest absolute Gasteiger partial charge is 0.369 e. The molecule has 3 N–H and O–H groups in total. The Hall–Kier alpha value is -3.23. The number of piperidine rings is 1. The summed E-state index contributed by atoms with van der Waals surface area (Å²) < 4.78 is 0. The molecule has 0 radical (unpaired) electrons. The first-order chi connectivity index (χ1) is 16.6. The lowest BCUT2D eigenvalue weighted by Crippen LogP contribution is -2.52. The van der Waals surface area contributed by atoms with Gasteiger partial charge in [-0.1, -0.05) is 30.3 Å². The van der Waals surface area contributed by atoms with E-state index >= 15 is 0 Å². The van der Waals surface area contributed by atoms with Gasteiger partial charge in [0.05, 0.1) is 0 Å². The molecule has 3 heterocycles. The summed E-state index contributed by atoms with van der Waals surface area (Å²) in [7, 11) is 0. The molecule has 3 aliphatic rings. The van der Waals surface area contributed by atoms with Crippen LogP contribution >= 0.6 is 0 Å². The fourth-order valence-electron chi connectivity index (χ4n) is 5.09. The Morgan fingerprint density at radius 2 is 1.79 bits per heavy atom.